The molecule has 0 radical (unpaired) electrons. The molecule has 4 heteroatoms. The molecular formula is C22H21NO3. The normalized spacial score (nSPS) is 10.2. The van der Waals surface area contributed by atoms with Crippen LogP contribution in [-0.4, -0.2) is 13.0 Å². The van der Waals surface area contributed by atoms with E-state index in [0.717, 1.165) is 11.1 Å². The van der Waals surface area contributed by atoms with Crippen molar-refractivity contribution in [3.8, 4) is 11.5 Å². The molecule has 1 N–H and O–H groups in total. The first-order valence-electron chi connectivity index (χ1n) is 8.45. The van der Waals surface area contributed by atoms with Gasteiger partial charge in [-0.3, -0.25) is 4.79 Å². The number of carbonyl (C=O) groups excluding carboxylic acids is 1. The van der Waals surface area contributed by atoms with Gasteiger partial charge in [0.1, 0.15) is 24.7 Å². The quantitative estimate of drug-likeness (QED) is 0.697. The van der Waals surface area contributed by atoms with E-state index in [1.54, 1.807) is 25.2 Å². The zero-order chi connectivity index (χ0) is 18.2. The largest absolute Gasteiger partial charge is 0.489 e. The van der Waals surface area contributed by atoms with E-state index in [1.165, 1.54) is 0 Å². The smallest absolute Gasteiger partial charge is 0.251 e. The fourth-order valence-corrected chi connectivity index (χ4v) is 2.50. The molecule has 1 amide bonds. The fraction of sp³-hybridized carbons (Fsp3) is 0.136. The highest BCUT2D eigenvalue weighted by atomic mass is 16.5. The molecule has 3 rings (SSSR count). The molecule has 0 heterocycles. The van der Waals surface area contributed by atoms with Crippen molar-refractivity contribution in [2.75, 3.05) is 7.05 Å². The molecule has 0 aliphatic heterocycles. The van der Waals surface area contributed by atoms with Gasteiger partial charge in [0.2, 0.25) is 0 Å². The highest BCUT2D eigenvalue weighted by molar-refractivity contribution is 5.94. The predicted molar refractivity (Wildman–Crippen MR) is 101 cm³/mol. The van der Waals surface area contributed by atoms with E-state index in [4.69, 9.17) is 9.47 Å². The van der Waals surface area contributed by atoms with Crippen molar-refractivity contribution < 1.29 is 14.3 Å². The topological polar surface area (TPSA) is 47.6 Å². The van der Waals surface area contributed by atoms with Crippen molar-refractivity contribution in [3.05, 3.63) is 95.6 Å². The maximum atomic E-state index is 12.0. The zero-order valence-electron chi connectivity index (χ0n) is 14.6. The Morgan fingerprint density at radius 2 is 1.23 bits per heavy atom. The number of nitrogens with one attached hydrogen (secondary N) is 1. The van der Waals surface area contributed by atoms with E-state index in [1.807, 2.05) is 60.7 Å². The van der Waals surface area contributed by atoms with Crippen LogP contribution in [-0.2, 0) is 13.2 Å². The van der Waals surface area contributed by atoms with Gasteiger partial charge in [-0.25, -0.2) is 0 Å². The van der Waals surface area contributed by atoms with Crippen LogP contribution in [0.1, 0.15) is 21.5 Å². The van der Waals surface area contributed by atoms with Crippen LogP contribution >= 0.6 is 0 Å². The van der Waals surface area contributed by atoms with E-state index >= 15 is 0 Å². The number of carbonyl (C=O) groups is 1. The van der Waals surface area contributed by atoms with Gasteiger partial charge in [-0.15, -0.1) is 0 Å². The second kappa shape index (κ2) is 8.72. The van der Waals surface area contributed by atoms with Crippen molar-refractivity contribution >= 4 is 5.91 Å². The molecule has 0 atom stereocenters. The SMILES string of the molecule is CNC(=O)c1cc(OCc2ccccc2)cc(OCc2ccccc2)c1. The molecule has 3 aromatic rings. The number of hydrogen-bond acceptors (Lipinski definition) is 3. The summed E-state index contributed by atoms with van der Waals surface area (Å²) in [6.07, 6.45) is 0. The molecule has 26 heavy (non-hydrogen) atoms. The van der Waals surface area contributed by atoms with Crippen LogP contribution in [0.15, 0.2) is 78.9 Å². The molecule has 0 fully saturated rings. The highest BCUT2D eigenvalue weighted by Crippen LogP contribution is 2.25. The van der Waals surface area contributed by atoms with E-state index in [2.05, 4.69) is 5.32 Å². The van der Waals surface area contributed by atoms with Crippen LogP contribution in [0.2, 0.25) is 0 Å². The molecular weight excluding hydrogens is 326 g/mol. The lowest BCUT2D eigenvalue weighted by Gasteiger charge is -2.12. The molecule has 0 aliphatic carbocycles. The summed E-state index contributed by atoms with van der Waals surface area (Å²) in [4.78, 5) is 12.0. The molecule has 0 unspecified atom stereocenters. The summed E-state index contributed by atoms with van der Waals surface area (Å²) in [6.45, 7) is 0.853. The number of ether oxygens (including phenoxy) is 2. The number of rotatable bonds is 7. The van der Waals surface area contributed by atoms with E-state index in [9.17, 15) is 4.79 Å². The van der Waals surface area contributed by atoms with Gasteiger partial charge in [-0.1, -0.05) is 60.7 Å². The summed E-state index contributed by atoms with van der Waals surface area (Å²) in [5, 5.41) is 2.63. The Hall–Kier alpha value is -3.27. The lowest BCUT2D eigenvalue weighted by molar-refractivity contribution is 0.0962. The molecule has 0 saturated carbocycles. The van der Waals surface area contributed by atoms with Crippen LogP contribution < -0.4 is 14.8 Å². The Morgan fingerprint density at radius 1 is 0.769 bits per heavy atom. The summed E-state index contributed by atoms with van der Waals surface area (Å²) in [6, 6.07) is 25.0. The first-order chi connectivity index (χ1) is 12.7. The standard InChI is InChI=1S/C22H21NO3/c1-23-22(24)19-12-20(25-15-17-8-4-2-5-9-17)14-21(13-19)26-16-18-10-6-3-7-11-18/h2-14H,15-16H2,1H3,(H,23,24). The molecule has 132 valence electrons. The van der Waals surface area contributed by atoms with Gasteiger partial charge in [0.25, 0.3) is 5.91 Å². The lowest BCUT2D eigenvalue weighted by atomic mass is 10.2. The van der Waals surface area contributed by atoms with Gasteiger partial charge in [0.15, 0.2) is 0 Å². The average molecular weight is 347 g/mol. The summed E-state index contributed by atoms with van der Waals surface area (Å²) < 4.78 is 11.7. The number of hydrogen-bond donors (Lipinski definition) is 1. The first kappa shape index (κ1) is 17.5. The minimum Gasteiger partial charge on any atom is -0.489 e. The number of benzene rings is 3. The summed E-state index contributed by atoms with van der Waals surface area (Å²) in [5.74, 6) is 1.01. The van der Waals surface area contributed by atoms with Crippen molar-refractivity contribution in [2.24, 2.45) is 0 Å². The van der Waals surface area contributed by atoms with E-state index in [-0.39, 0.29) is 5.91 Å². The monoisotopic (exact) mass is 347 g/mol. The molecule has 0 bridgehead atoms. The van der Waals surface area contributed by atoms with E-state index in [0.29, 0.717) is 30.3 Å². The molecule has 0 aliphatic rings. The van der Waals surface area contributed by atoms with Crippen LogP contribution in [0, 0.1) is 0 Å². The third-order valence-corrected chi connectivity index (χ3v) is 3.87. The summed E-state index contributed by atoms with van der Waals surface area (Å²) in [7, 11) is 1.60. The zero-order valence-corrected chi connectivity index (χ0v) is 14.6. The third-order valence-electron chi connectivity index (χ3n) is 3.87. The average Bonchev–Trinajstić information content (AvgIpc) is 2.71. The molecule has 0 saturated heterocycles. The maximum Gasteiger partial charge on any atom is 0.251 e. The molecule has 0 spiro atoms. The fourth-order valence-electron chi connectivity index (χ4n) is 2.50. The van der Waals surface area contributed by atoms with Gasteiger partial charge >= 0.3 is 0 Å². The van der Waals surface area contributed by atoms with Crippen molar-refractivity contribution in [3.63, 3.8) is 0 Å². The third kappa shape index (κ3) is 4.86. The summed E-state index contributed by atoms with van der Waals surface area (Å²) >= 11 is 0. The van der Waals surface area contributed by atoms with Gasteiger partial charge < -0.3 is 14.8 Å². The minimum atomic E-state index is -0.181. The van der Waals surface area contributed by atoms with Crippen molar-refractivity contribution in [1.82, 2.24) is 5.32 Å². The molecule has 3 aromatic carbocycles. The maximum absolute atomic E-state index is 12.0. The Morgan fingerprint density at radius 3 is 1.65 bits per heavy atom. The van der Waals surface area contributed by atoms with Crippen LogP contribution in [0.25, 0.3) is 0 Å². The van der Waals surface area contributed by atoms with Crippen LogP contribution in [0.5, 0.6) is 11.5 Å². The van der Waals surface area contributed by atoms with E-state index < -0.39 is 0 Å². The Bertz CT molecular complexity index is 786. The van der Waals surface area contributed by atoms with Gasteiger partial charge in [-0.05, 0) is 23.3 Å². The van der Waals surface area contributed by atoms with Crippen molar-refractivity contribution in [2.45, 2.75) is 13.2 Å². The Balaban J connectivity index is 1.75. The van der Waals surface area contributed by atoms with Crippen LogP contribution in [0.4, 0.5) is 0 Å². The van der Waals surface area contributed by atoms with Gasteiger partial charge in [0, 0.05) is 18.7 Å². The summed E-state index contributed by atoms with van der Waals surface area (Å²) in [5.41, 5.74) is 2.62. The lowest BCUT2D eigenvalue weighted by Crippen LogP contribution is -2.18. The van der Waals surface area contributed by atoms with Gasteiger partial charge in [0.05, 0.1) is 0 Å². The number of amides is 1. The highest BCUT2D eigenvalue weighted by Gasteiger charge is 2.09. The second-order valence-corrected chi connectivity index (χ2v) is 5.82. The minimum absolute atomic E-state index is 0.181. The van der Waals surface area contributed by atoms with Gasteiger partial charge in [-0.2, -0.15) is 0 Å². The first-order valence-corrected chi connectivity index (χ1v) is 8.45. The van der Waals surface area contributed by atoms with Crippen molar-refractivity contribution in [1.29, 1.82) is 0 Å². The Labute approximate surface area is 153 Å². The Kier molecular flexibility index (Phi) is 5.88. The van der Waals surface area contributed by atoms with Crippen LogP contribution in [0.3, 0.4) is 0 Å². The predicted octanol–water partition coefficient (Wildman–Crippen LogP) is 4.20. The molecule has 0 aromatic heterocycles. The second-order valence-electron chi connectivity index (χ2n) is 5.82. The molecule has 4 nitrogen and oxygen atoms in total.